The molecule has 1 saturated heterocycles. The first-order valence-corrected chi connectivity index (χ1v) is 9.63. The van der Waals surface area contributed by atoms with Gasteiger partial charge in [-0.1, -0.05) is 0 Å². The fraction of sp³-hybridized carbons (Fsp3) is 0.737. The van der Waals surface area contributed by atoms with Crippen molar-refractivity contribution in [2.24, 2.45) is 11.8 Å². The molecule has 0 bridgehead atoms. The highest BCUT2D eigenvalue weighted by Gasteiger charge is 2.48. The monoisotopic (exact) mass is 342 g/mol. The van der Waals surface area contributed by atoms with Crippen LogP contribution in [0.2, 0.25) is 0 Å². The molecule has 5 rings (SSSR count). The number of likely N-dealkylation sites (tertiary alicyclic amines) is 1. The third-order valence-electron chi connectivity index (χ3n) is 6.18. The predicted octanol–water partition coefficient (Wildman–Crippen LogP) is 2.02. The van der Waals surface area contributed by atoms with Crippen LogP contribution in [0.1, 0.15) is 49.1 Å². The summed E-state index contributed by atoms with van der Waals surface area (Å²) in [5.74, 6) is 2.15. The summed E-state index contributed by atoms with van der Waals surface area (Å²) in [7, 11) is 0. The molecular formula is C19H26N4O2. The average Bonchev–Trinajstić information content (AvgIpc) is 3.52. The third-order valence-corrected chi connectivity index (χ3v) is 6.18. The molecular weight excluding hydrogens is 316 g/mol. The summed E-state index contributed by atoms with van der Waals surface area (Å²) in [6.07, 6.45) is 5.69. The van der Waals surface area contributed by atoms with Crippen LogP contribution < -0.4 is 5.32 Å². The smallest absolute Gasteiger partial charge is 0.225 e. The first-order valence-electron chi connectivity index (χ1n) is 9.63. The van der Waals surface area contributed by atoms with E-state index in [4.69, 9.17) is 9.72 Å². The fourth-order valence-electron chi connectivity index (χ4n) is 4.22. The Morgan fingerprint density at radius 3 is 2.92 bits per heavy atom. The number of nitrogens with zero attached hydrogens (tertiary/aromatic N) is 3. The number of aryl methyl sites for hydroxylation is 1. The molecule has 0 radical (unpaired) electrons. The lowest BCUT2D eigenvalue weighted by atomic mass is 9.80. The van der Waals surface area contributed by atoms with Crippen LogP contribution in [-0.4, -0.2) is 47.0 Å². The van der Waals surface area contributed by atoms with Crippen LogP contribution in [0.4, 0.5) is 5.95 Å². The van der Waals surface area contributed by atoms with E-state index in [0.717, 1.165) is 67.7 Å². The number of hydrogen-bond acceptors (Lipinski definition) is 5. The van der Waals surface area contributed by atoms with E-state index < -0.39 is 0 Å². The number of hydrogen-bond donors (Lipinski definition) is 1. The van der Waals surface area contributed by atoms with E-state index in [1.54, 1.807) is 0 Å². The highest BCUT2D eigenvalue weighted by molar-refractivity contribution is 5.81. The summed E-state index contributed by atoms with van der Waals surface area (Å²) in [4.78, 5) is 24.1. The number of nitrogens with one attached hydrogen (secondary N) is 1. The molecule has 2 aliphatic heterocycles. The Hall–Kier alpha value is -1.69. The van der Waals surface area contributed by atoms with Gasteiger partial charge in [-0.2, -0.15) is 0 Å². The first-order chi connectivity index (χ1) is 12.1. The van der Waals surface area contributed by atoms with Crippen LogP contribution in [0, 0.1) is 18.8 Å². The lowest BCUT2D eigenvalue weighted by molar-refractivity contribution is -0.131. The summed E-state index contributed by atoms with van der Waals surface area (Å²) in [5, 5.41) is 3.42. The van der Waals surface area contributed by atoms with Crippen molar-refractivity contribution in [3.05, 3.63) is 17.0 Å². The molecule has 6 nitrogen and oxygen atoms in total. The molecule has 4 aliphatic rings. The van der Waals surface area contributed by atoms with Crippen molar-refractivity contribution in [1.82, 2.24) is 14.9 Å². The molecule has 1 amide bonds. The standard InChI is InChI=1S/C19H26N4O2/c1-12-15-9-25-11-19(6-7-23(10-19)17(24)14-4-5-14)16(15)22-18(21-12)20-8-13-2-3-13/h13-14H,2-11H2,1H3,(H,20,21,22)/t19-/m0/s1. The third kappa shape index (κ3) is 2.80. The van der Waals surface area contributed by atoms with Gasteiger partial charge in [-0.05, 0) is 44.9 Å². The zero-order valence-corrected chi connectivity index (χ0v) is 14.9. The van der Waals surface area contributed by atoms with Crippen molar-refractivity contribution in [2.75, 3.05) is 31.6 Å². The van der Waals surface area contributed by atoms with Crippen molar-refractivity contribution in [2.45, 2.75) is 51.0 Å². The topological polar surface area (TPSA) is 67.4 Å². The van der Waals surface area contributed by atoms with Crippen LogP contribution in [-0.2, 0) is 21.6 Å². The van der Waals surface area contributed by atoms with E-state index in [1.165, 1.54) is 12.8 Å². The zero-order chi connectivity index (χ0) is 17.0. The Morgan fingerprint density at radius 2 is 2.16 bits per heavy atom. The van der Waals surface area contributed by atoms with E-state index in [9.17, 15) is 4.79 Å². The number of rotatable bonds is 4. The van der Waals surface area contributed by atoms with Gasteiger partial charge in [-0.25, -0.2) is 9.97 Å². The van der Waals surface area contributed by atoms with Crippen molar-refractivity contribution in [1.29, 1.82) is 0 Å². The molecule has 6 heteroatoms. The molecule has 2 saturated carbocycles. The number of aromatic nitrogens is 2. The highest BCUT2D eigenvalue weighted by Crippen LogP contribution is 2.42. The Kier molecular flexibility index (Phi) is 3.52. The van der Waals surface area contributed by atoms with E-state index in [2.05, 4.69) is 10.3 Å². The maximum Gasteiger partial charge on any atom is 0.225 e. The molecule has 3 heterocycles. The van der Waals surface area contributed by atoms with Gasteiger partial charge in [0.25, 0.3) is 0 Å². The predicted molar refractivity (Wildman–Crippen MR) is 93.2 cm³/mol. The number of carbonyl (C=O) groups excluding carboxylic acids is 1. The second-order valence-corrected chi connectivity index (χ2v) is 8.34. The van der Waals surface area contributed by atoms with Gasteiger partial charge in [-0.3, -0.25) is 4.79 Å². The number of ether oxygens (including phenoxy) is 1. The molecule has 1 N–H and O–H groups in total. The SMILES string of the molecule is Cc1nc(NCC2CC2)nc2c1COC[C@@]21CCN(C(=O)C2CC2)C1. The van der Waals surface area contributed by atoms with Gasteiger partial charge in [0.1, 0.15) is 0 Å². The quantitative estimate of drug-likeness (QED) is 0.907. The number of amides is 1. The Morgan fingerprint density at radius 1 is 1.32 bits per heavy atom. The summed E-state index contributed by atoms with van der Waals surface area (Å²) in [5.41, 5.74) is 3.11. The molecule has 1 aromatic rings. The van der Waals surface area contributed by atoms with Crippen LogP contribution in [0.3, 0.4) is 0 Å². The average molecular weight is 342 g/mol. The number of anilines is 1. The minimum atomic E-state index is -0.151. The van der Waals surface area contributed by atoms with Gasteiger partial charge in [0.2, 0.25) is 11.9 Å². The van der Waals surface area contributed by atoms with E-state index >= 15 is 0 Å². The Bertz CT molecular complexity index is 714. The molecule has 25 heavy (non-hydrogen) atoms. The van der Waals surface area contributed by atoms with Gasteiger partial charge in [0.05, 0.1) is 24.3 Å². The summed E-state index contributed by atoms with van der Waals surface area (Å²) in [6, 6.07) is 0. The van der Waals surface area contributed by atoms with Gasteiger partial charge in [-0.15, -0.1) is 0 Å². The second kappa shape index (κ2) is 5.66. The van der Waals surface area contributed by atoms with Crippen molar-refractivity contribution in [3.8, 4) is 0 Å². The molecule has 3 fully saturated rings. The highest BCUT2D eigenvalue weighted by atomic mass is 16.5. The number of fused-ring (bicyclic) bond motifs is 2. The van der Waals surface area contributed by atoms with Crippen LogP contribution in [0.15, 0.2) is 0 Å². The molecule has 1 atom stereocenters. The molecule has 0 unspecified atom stereocenters. The van der Waals surface area contributed by atoms with Gasteiger partial charge in [0.15, 0.2) is 0 Å². The van der Waals surface area contributed by atoms with Crippen molar-refractivity contribution < 1.29 is 9.53 Å². The van der Waals surface area contributed by atoms with Gasteiger partial charge < -0.3 is 15.0 Å². The summed E-state index contributed by atoms with van der Waals surface area (Å²) < 4.78 is 5.93. The van der Waals surface area contributed by atoms with E-state index in [0.29, 0.717) is 19.1 Å². The minimum absolute atomic E-state index is 0.151. The van der Waals surface area contributed by atoms with Crippen LogP contribution >= 0.6 is 0 Å². The minimum Gasteiger partial charge on any atom is -0.376 e. The fourth-order valence-corrected chi connectivity index (χ4v) is 4.22. The number of carbonyl (C=O) groups is 1. The molecule has 1 spiro atoms. The normalized spacial score (nSPS) is 28.3. The molecule has 0 aromatic carbocycles. The maximum absolute atomic E-state index is 12.5. The Labute approximate surface area is 148 Å². The summed E-state index contributed by atoms with van der Waals surface area (Å²) in [6.45, 7) is 5.83. The van der Waals surface area contributed by atoms with E-state index in [-0.39, 0.29) is 11.3 Å². The van der Waals surface area contributed by atoms with Gasteiger partial charge >= 0.3 is 0 Å². The zero-order valence-electron chi connectivity index (χ0n) is 14.9. The second-order valence-electron chi connectivity index (χ2n) is 8.34. The van der Waals surface area contributed by atoms with Crippen molar-refractivity contribution >= 4 is 11.9 Å². The van der Waals surface area contributed by atoms with Crippen LogP contribution in [0.5, 0.6) is 0 Å². The first kappa shape index (κ1) is 15.6. The van der Waals surface area contributed by atoms with Crippen molar-refractivity contribution in [3.63, 3.8) is 0 Å². The molecule has 134 valence electrons. The van der Waals surface area contributed by atoms with Crippen LogP contribution in [0.25, 0.3) is 0 Å². The summed E-state index contributed by atoms with van der Waals surface area (Å²) >= 11 is 0. The Balaban J connectivity index is 1.43. The lowest BCUT2D eigenvalue weighted by Crippen LogP contribution is -2.42. The van der Waals surface area contributed by atoms with Gasteiger partial charge in [0, 0.05) is 36.8 Å². The largest absolute Gasteiger partial charge is 0.376 e. The lowest BCUT2D eigenvalue weighted by Gasteiger charge is -2.35. The molecule has 1 aromatic heterocycles. The van der Waals surface area contributed by atoms with E-state index in [1.807, 2.05) is 11.8 Å². The molecule has 2 aliphatic carbocycles. The maximum atomic E-state index is 12.5.